The summed E-state index contributed by atoms with van der Waals surface area (Å²) in [7, 11) is -4.18. The van der Waals surface area contributed by atoms with Crippen LogP contribution < -0.4 is 15.4 Å². The number of nitrogens with one attached hydrogen (secondary N) is 3. The van der Waals surface area contributed by atoms with Gasteiger partial charge < -0.3 is 15.7 Å². The van der Waals surface area contributed by atoms with Crippen LogP contribution in [0.5, 0.6) is 0 Å². The van der Waals surface area contributed by atoms with Gasteiger partial charge >= 0.3 is 12.0 Å². The molecule has 1 aromatic heterocycles. The van der Waals surface area contributed by atoms with E-state index < -0.39 is 26.2 Å². The quantitative estimate of drug-likeness (QED) is 0.268. The Hall–Kier alpha value is -3.99. The van der Waals surface area contributed by atoms with Gasteiger partial charge in [0.15, 0.2) is 4.21 Å². The van der Waals surface area contributed by atoms with Crippen LogP contribution in [0.3, 0.4) is 0 Å². The van der Waals surface area contributed by atoms with Gasteiger partial charge in [0.05, 0.1) is 12.2 Å². The second-order valence-corrected chi connectivity index (χ2v) is 11.8. The van der Waals surface area contributed by atoms with Crippen molar-refractivity contribution in [2.24, 2.45) is 0 Å². The molecule has 0 saturated carbocycles. The number of amides is 2. The number of nitrogens with zero attached hydrogens (tertiary/aromatic N) is 1. The van der Waals surface area contributed by atoms with Gasteiger partial charge in [-0.15, -0.1) is 0 Å². The van der Waals surface area contributed by atoms with E-state index in [4.69, 9.17) is 11.6 Å². The van der Waals surface area contributed by atoms with Crippen LogP contribution in [0.25, 0.3) is 11.1 Å². The summed E-state index contributed by atoms with van der Waals surface area (Å²) in [6, 6.07) is 18.1. The Morgan fingerprint density at radius 1 is 1.03 bits per heavy atom. The van der Waals surface area contributed by atoms with Crippen LogP contribution in [0.1, 0.15) is 17.7 Å². The summed E-state index contributed by atoms with van der Waals surface area (Å²) in [5, 5.41) is 15.2. The highest BCUT2D eigenvalue weighted by Gasteiger charge is 2.41. The van der Waals surface area contributed by atoms with Gasteiger partial charge in [0, 0.05) is 18.3 Å². The number of halogens is 1. The number of rotatable bonds is 10. The van der Waals surface area contributed by atoms with Gasteiger partial charge in [-0.3, -0.25) is 9.78 Å². The number of hydrogen-bond donors (Lipinski definition) is 4. The number of carbonyl (C=O) groups is 2. The van der Waals surface area contributed by atoms with Crippen LogP contribution in [0.15, 0.2) is 97.2 Å². The standard InChI is InChI=1S/C28H27ClN4O5S/c29-28(14-3-1-4-15-28)39(37,38)33-25(26(34)35)17-20-10-12-21(13-11-20)22-7-6-9-23(18-22)32-27(36)31-19-24-8-2-5-16-30-24/h1-14,16,18,25,33H,15,17,19H2,(H,34,35)(H2,31,32,36)/t25-,28+/m1/s1. The summed E-state index contributed by atoms with van der Waals surface area (Å²) in [6.07, 6.45) is 7.75. The molecule has 2 atom stereocenters. The van der Waals surface area contributed by atoms with E-state index in [-0.39, 0.29) is 18.9 Å². The number of benzene rings is 2. The van der Waals surface area contributed by atoms with Gasteiger partial charge in [-0.2, -0.15) is 4.72 Å². The number of anilines is 1. The summed E-state index contributed by atoms with van der Waals surface area (Å²) >= 11 is 6.28. The molecular weight excluding hydrogens is 540 g/mol. The normalized spacial score (nSPS) is 17.4. The molecule has 1 heterocycles. The predicted molar refractivity (Wildman–Crippen MR) is 151 cm³/mol. The van der Waals surface area contributed by atoms with Crippen molar-refractivity contribution in [3.05, 3.63) is 108 Å². The molecule has 202 valence electrons. The molecule has 9 nitrogen and oxygen atoms in total. The van der Waals surface area contributed by atoms with E-state index in [1.54, 1.807) is 54.7 Å². The summed E-state index contributed by atoms with van der Waals surface area (Å²) in [5.74, 6) is -1.31. The topological polar surface area (TPSA) is 137 Å². The number of sulfonamides is 1. The zero-order chi connectivity index (χ0) is 27.9. The first-order chi connectivity index (χ1) is 18.6. The highest BCUT2D eigenvalue weighted by Crippen LogP contribution is 2.31. The number of carboxylic acid groups (broad SMARTS) is 1. The molecule has 0 saturated heterocycles. The van der Waals surface area contributed by atoms with E-state index in [1.807, 2.05) is 30.3 Å². The van der Waals surface area contributed by atoms with E-state index >= 15 is 0 Å². The number of aromatic nitrogens is 1. The Bertz CT molecular complexity index is 1490. The SMILES string of the molecule is O=C(NCc1ccccn1)Nc1cccc(-c2ccc(C[C@@H](NS(=O)(=O)[C@@]3(Cl)C=CC=CC3)C(=O)O)cc2)c1. The van der Waals surface area contributed by atoms with Gasteiger partial charge in [0.2, 0.25) is 10.0 Å². The van der Waals surface area contributed by atoms with E-state index in [9.17, 15) is 23.1 Å². The maximum absolute atomic E-state index is 12.8. The van der Waals surface area contributed by atoms with Gasteiger partial charge in [-0.1, -0.05) is 72.3 Å². The molecule has 2 aromatic carbocycles. The first-order valence-electron chi connectivity index (χ1n) is 12.1. The molecule has 0 unspecified atom stereocenters. The molecule has 0 aliphatic heterocycles. The Balaban J connectivity index is 1.39. The van der Waals surface area contributed by atoms with Crippen LogP contribution in [0.4, 0.5) is 10.5 Å². The summed E-state index contributed by atoms with van der Waals surface area (Å²) in [6.45, 7) is 0.293. The molecular formula is C28H27ClN4O5S. The minimum Gasteiger partial charge on any atom is -0.480 e. The average molecular weight is 567 g/mol. The summed E-state index contributed by atoms with van der Waals surface area (Å²) < 4.78 is 26.2. The van der Waals surface area contributed by atoms with Crippen LogP contribution in [-0.2, 0) is 27.8 Å². The lowest BCUT2D eigenvalue weighted by molar-refractivity contribution is -0.138. The molecule has 1 aliphatic rings. The number of carbonyl (C=O) groups excluding carboxylic acids is 1. The lowest BCUT2D eigenvalue weighted by Gasteiger charge is -2.26. The third-order valence-electron chi connectivity index (χ3n) is 6.03. The molecule has 11 heteroatoms. The molecule has 0 bridgehead atoms. The summed E-state index contributed by atoms with van der Waals surface area (Å²) in [5.41, 5.74) is 3.63. The van der Waals surface area contributed by atoms with Crippen LogP contribution >= 0.6 is 11.6 Å². The largest absolute Gasteiger partial charge is 0.480 e. The smallest absolute Gasteiger partial charge is 0.322 e. The van der Waals surface area contributed by atoms with Crippen molar-refractivity contribution >= 4 is 39.3 Å². The number of pyridine rings is 1. The average Bonchev–Trinajstić information content (AvgIpc) is 2.93. The third kappa shape index (κ3) is 7.32. The van der Waals surface area contributed by atoms with Crippen molar-refractivity contribution in [1.29, 1.82) is 0 Å². The van der Waals surface area contributed by atoms with Crippen molar-refractivity contribution in [2.75, 3.05) is 5.32 Å². The zero-order valence-electron chi connectivity index (χ0n) is 20.7. The fourth-order valence-corrected chi connectivity index (χ4v) is 5.56. The van der Waals surface area contributed by atoms with E-state index in [2.05, 4.69) is 20.3 Å². The number of hydrogen-bond acceptors (Lipinski definition) is 5. The minimum absolute atomic E-state index is 0.0290. The van der Waals surface area contributed by atoms with Crippen LogP contribution in [0.2, 0.25) is 0 Å². The first-order valence-corrected chi connectivity index (χ1v) is 13.9. The Morgan fingerprint density at radius 2 is 1.82 bits per heavy atom. The lowest BCUT2D eigenvalue weighted by atomic mass is 10.0. The van der Waals surface area contributed by atoms with Crippen molar-refractivity contribution in [3.63, 3.8) is 0 Å². The molecule has 0 radical (unpaired) electrons. The zero-order valence-corrected chi connectivity index (χ0v) is 22.3. The third-order valence-corrected chi connectivity index (χ3v) is 8.72. The van der Waals surface area contributed by atoms with Gasteiger partial charge in [-0.25, -0.2) is 13.2 Å². The number of allylic oxidation sites excluding steroid dienone is 3. The molecule has 0 fully saturated rings. The molecule has 0 spiro atoms. The molecule has 39 heavy (non-hydrogen) atoms. The molecule has 1 aliphatic carbocycles. The first kappa shape index (κ1) is 28.0. The predicted octanol–water partition coefficient (Wildman–Crippen LogP) is 4.44. The Morgan fingerprint density at radius 3 is 2.49 bits per heavy atom. The van der Waals surface area contributed by atoms with Gasteiger partial charge in [-0.05, 0) is 53.5 Å². The molecule has 2 amide bonds. The highest BCUT2D eigenvalue weighted by molar-refractivity contribution is 7.92. The van der Waals surface area contributed by atoms with Crippen molar-refractivity contribution in [2.45, 2.75) is 29.6 Å². The van der Waals surface area contributed by atoms with Crippen LogP contribution in [-0.4, -0.2) is 40.8 Å². The Kier molecular flexibility index (Phi) is 8.80. The molecule has 3 aromatic rings. The maximum Gasteiger partial charge on any atom is 0.322 e. The fourth-order valence-electron chi connectivity index (χ4n) is 3.93. The second kappa shape index (κ2) is 12.2. The highest BCUT2D eigenvalue weighted by atomic mass is 35.5. The van der Waals surface area contributed by atoms with E-state index in [0.717, 1.165) is 16.8 Å². The summed E-state index contributed by atoms with van der Waals surface area (Å²) in [4.78, 5) is 28.3. The van der Waals surface area contributed by atoms with E-state index in [0.29, 0.717) is 17.8 Å². The fraction of sp³-hybridized carbons (Fsp3) is 0.179. The maximum atomic E-state index is 12.8. The lowest BCUT2D eigenvalue weighted by Crippen LogP contribution is -2.49. The molecule has 4 rings (SSSR count). The Labute approximate surface area is 231 Å². The molecule has 4 N–H and O–H groups in total. The van der Waals surface area contributed by atoms with Gasteiger partial charge in [0.1, 0.15) is 6.04 Å². The van der Waals surface area contributed by atoms with Crippen LogP contribution in [0, 0.1) is 0 Å². The number of carboxylic acids is 1. The van der Waals surface area contributed by atoms with Crippen molar-refractivity contribution in [1.82, 2.24) is 15.0 Å². The second-order valence-electron chi connectivity index (χ2n) is 8.90. The number of urea groups is 1. The van der Waals surface area contributed by atoms with Crippen molar-refractivity contribution in [3.8, 4) is 11.1 Å². The monoisotopic (exact) mass is 566 g/mol. The van der Waals surface area contributed by atoms with Crippen molar-refractivity contribution < 1.29 is 23.1 Å². The number of alkyl halides is 1. The van der Waals surface area contributed by atoms with E-state index in [1.165, 1.54) is 12.2 Å². The van der Waals surface area contributed by atoms with Gasteiger partial charge in [0.25, 0.3) is 0 Å². The minimum atomic E-state index is -4.18. The number of aliphatic carboxylic acids is 1.